The molecule has 0 bridgehead atoms. The van der Waals surface area contributed by atoms with Gasteiger partial charge < -0.3 is 10.1 Å². The first-order valence-corrected chi connectivity index (χ1v) is 11.4. The molecule has 4 rings (SSSR count). The van der Waals surface area contributed by atoms with Gasteiger partial charge in [-0.25, -0.2) is 4.98 Å². The van der Waals surface area contributed by atoms with E-state index in [1.165, 1.54) is 23.1 Å². The zero-order valence-electron chi connectivity index (χ0n) is 14.8. The monoisotopic (exact) mass is 421 g/mol. The highest BCUT2D eigenvalue weighted by Crippen LogP contribution is 2.29. The number of aryl methyl sites for hydroxylation is 1. The van der Waals surface area contributed by atoms with E-state index >= 15 is 0 Å². The van der Waals surface area contributed by atoms with Crippen LogP contribution in [0.5, 0.6) is 0 Å². The van der Waals surface area contributed by atoms with Crippen molar-refractivity contribution in [3.63, 3.8) is 0 Å². The van der Waals surface area contributed by atoms with Gasteiger partial charge in [0.1, 0.15) is 0 Å². The zero-order chi connectivity index (χ0) is 18.6. The van der Waals surface area contributed by atoms with Crippen LogP contribution in [-0.2, 0) is 16.1 Å². The van der Waals surface area contributed by atoms with Crippen LogP contribution in [0.15, 0.2) is 28.0 Å². The van der Waals surface area contributed by atoms with Gasteiger partial charge in [0.15, 0.2) is 16.1 Å². The smallest absolute Gasteiger partial charge is 0.236 e. The van der Waals surface area contributed by atoms with Gasteiger partial charge in [0.25, 0.3) is 0 Å². The molecule has 0 radical (unpaired) electrons. The van der Waals surface area contributed by atoms with Crippen LogP contribution in [-0.4, -0.2) is 44.1 Å². The van der Waals surface area contributed by atoms with Gasteiger partial charge in [-0.1, -0.05) is 17.8 Å². The molecular weight excluding hydrogens is 402 g/mol. The highest BCUT2D eigenvalue weighted by atomic mass is 32.2. The van der Waals surface area contributed by atoms with E-state index in [0.29, 0.717) is 11.7 Å². The molecule has 0 spiro atoms. The Morgan fingerprint density at radius 1 is 1.44 bits per heavy atom. The number of hydrogen-bond acceptors (Lipinski definition) is 8. The quantitative estimate of drug-likeness (QED) is 0.586. The van der Waals surface area contributed by atoms with Crippen LogP contribution < -0.4 is 5.32 Å². The number of hydrogen-bond donors (Lipinski definition) is 1. The van der Waals surface area contributed by atoms with Crippen molar-refractivity contribution >= 4 is 45.5 Å². The number of aromatic nitrogens is 4. The van der Waals surface area contributed by atoms with E-state index in [9.17, 15) is 4.79 Å². The number of carbonyl (C=O) groups excluding carboxylic acids is 1. The average Bonchev–Trinajstić information content (AvgIpc) is 3.42. The van der Waals surface area contributed by atoms with Crippen molar-refractivity contribution in [2.45, 2.75) is 37.6 Å². The summed E-state index contributed by atoms with van der Waals surface area (Å²) >= 11 is 4.44. The minimum Gasteiger partial charge on any atom is -0.376 e. The van der Waals surface area contributed by atoms with Crippen LogP contribution in [0.25, 0.3) is 10.7 Å². The Morgan fingerprint density at radius 3 is 3.07 bits per heavy atom. The molecule has 1 N–H and O–H groups in total. The maximum Gasteiger partial charge on any atom is 0.236 e. The fourth-order valence-electron chi connectivity index (χ4n) is 2.84. The summed E-state index contributed by atoms with van der Waals surface area (Å²) in [5.74, 6) is 0.991. The van der Waals surface area contributed by atoms with Crippen LogP contribution in [0.4, 0.5) is 5.13 Å². The lowest BCUT2D eigenvalue weighted by molar-refractivity contribution is -0.113. The SMILES string of the molecule is Cc1csc(NC(=O)CSc2nnc(-c3cccs3)n2CC2CCCO2)n1. The van der Waals surface area contributed by atoms with Gasteiger partial charge in [0, 0.05) is 12.0 Å². The van der Waals surface area contributed by atoms with Gasteiger partial charge in [-0.05, 0) is 31.2 Å². The van der Waals surface area contributed by atoms with Crippen molar-refractivity contribution in [1.82, 2.24) is 19.7 Å². The third-order valence-electron chi connectivity index (χ3n) is 4.07. The lowest BCUT2D eigenvalue weighted by Crippen LogP contribution is -2.18. The van der Waals surface area contributed by atoms with Gasteiger partial charge in [0.2, 0.25) is 5.91 Å². The molecule has 1 fully saturated rings. The van der Waals surface area contributed by atoms with Crippen LogP contribution in [0.3, 0.4) is 0 Å². The Balaban J connectivity index is 1.47. The van der Waals surface area contributed by atoms with E-state index in [0.717, 1.165) is 41.0 Å². The van der Waals surface area contributed by atoms with Crippen molar-refractivity contribution in [2.75, 3.05) is 17.7 Å². The lowest BCUT2D eigenvalue weighted by atomic mass is 10.2. The molecule has 1 amide bonds. The second-order valence-corrected chi connectivity index (χ2v) is 8.91. The number of nitrogens with zero attached hydrogens (tertiary/aromatic N) is 4. The Labute approximate surface area is 169 Å². The van der Waals surface area contributed by atoms with Crippen LogP contribution in [0.2, 0.25) is 0 Å². The molecule has 1 aliphatic rings. The third-order valence-corrected chi connectivity index (χ3v) is 6.77. The number of thiophene rings is 1. The molecule has 3 aromatic heterocycles. The number of anilines is 1. The Hall–Kier alpha value is -1.75. The van der Waals surface area contributed by atoms with Crippen molar-refractivity contribution in [2.24, 2.45) is 0 Å². The first kappa shape index (κ1) is 18.6. The molecule has 3 aromatic rings. The highest BCUT2D eigenvalue weighted by Gasteiger charge is 2.22. The molecule has 4 heterocycles. The second kappa shape index (κ2) is 8.51. The largest absolute Gasteiger partial charge is 0.376 e. The van der Waals surface area contributed by atoms with Crippen LogP contribution in [0.1, 0.15) is 18.5 Å². The summed E-state index contributed by atoms with van der Waals surface area (Å²) in [6.07, 6.45) is 2.29. The summed E-state index contributed by atoms with van der Waals surface area (Å²) in [5, 5.41) is 16.8. The maximum atomic E-state index is 12.2. The fourth-order valence-corrected chi connectivity index (χ4v) is 5.01. The number of thiazole rings is 1. The summed E-state index contributed by atoms with van der Waals surface area (Å²) < 4.78 is 7.87. The molecule has 1 aliphatic heterocycles. The number of carbonyl (C=O) groups is 1. The summed E-state index contributed by atoms with van der Waals surface area (Å²) in [4.78, 5) is 17.6. The number of rotatable bonds is 7. The molecule has 7 nitrogen and oxygen atoms in total. The lowest BCUT2D eigenvalue weighted by Gasteiger charge is -2.14. The topological polar surface area (TPSA) is 81.9 Å². The molecule has 1 saturated heterocycles. The average molecular weight is 422 g/mol. The molecule has 1 unspecified atom stereocenters. The molecule has 27 heavy (non-hydrogen) atoms. The standard InChI is InChI=1S/C17H19N5O2S3/c1-11-9-26-16(18-11)19-14(23)10-27-17-21-20-15(13-5-3-7-25-13)22(17)8-12-4-2-6-24-12/h3,5,7,9,12H,2,4,6,8,10H2,1H3,(H,18,19,23). The minimum absolute atomic E-state index is 0.0984. The van der Waals surface area contributed by atoms with Crippen molar-refractivity contribution in [3.05, 3.63) is 28.6 Å². The minimum atomic E-state index is -0.0984. The van der Waals surface area contributed by atoms with Crippen molar-refractivity contribution in [1.29, 1.82) is 0 Å². The summed E-state index contributed by atoms with van der Waals surface area (Å²) in [7, 11) is 0. The van der Waals surface area contributed by atoms with E-state index < -0.39 is 0 Å². The molecular formula is C17H19N5O2S3. The fraction of sp³-hybridized carbons (Fsp3) is 0.412. The van der Waals surface area contributed by atoms with E-state index in [-0.39, 0.29) is 17.8 Å². The van der Waals surface area contributed by atoms with Crippen molar-refractivity contribution in [3.8, 4) is 10.7 Å². The van der Waals surface area contributed by atoms with Crippen molar-refractivity contribution < 1.29 is 9.53 Å². The first-order chi connectivity index (χ1) is 13.2. The van der Waals surface area contributed by atoms with E-state index in [2.05, 4.69) is 25.1 Å². The van der Waals surface area contributed by atoms with Gasteiger partial charge >= 0.3 is 0 Å². The molecule has 1 atom stereocenters. The van der Waals surface area contributed by atoms with Gasteiger partial charge in [-0.15, -0.1) is 32.9 Å². The summed E-state index contributed by atoms with van der Waals surface area (Å²) in [6.45, 7) is 3.41. The van der Waals surface area contributed by atoms with E-state index in [1.54, 1.807) is 11.3 Å². The van der Waals surface area contributed by atoms with Crippen LogP contribution >= 0.6 is 34.4 Å². The number of ether oxygens (including phenoxy) is 1. The predicted molar refractivity (Wildman–Crippen MR) is 109 cm³/mol. The predicted octanol–water partition coefficient (Wildman–Crippen LogP) is 3.68. The molecule has 0 aliphatic carbocycles. The van der Waals surface area contributed by atoms with Gasteiger partial charge in [0.05, 0.1) is 29.0 Å². The van der Waals surface area contributed by atoms with Crippen LogP contribution in [0, 0.1) is 6.92 Å². The van der Waals surface area contributed by atoms with E-state index in [1.807, 2.05) is 29.8 Å². The maximum absolute atomic E-state index is 12.2. The summed E-state index contributed by atoms with van der Waals surface area (Å²) in [5.41, 5.74) is 0.903. The Bertz CT molecular complexity index is 900. The molecule has 10 heteroatoms. The second-order valence-electron chi connectivity index (χ2n) is 6.16. The Kier molecular flexibility index (Phi) is 5.86. The summed E-state index contributed by atoms with van der Waals surface area (Å²) in [6, 6.07) is 4.04. The first-order valence-electron chi connectivity index (χ1n) is 8.62. The zero-order valence-corrected chi connectivity index (χ0v) is 17.2. The molecule has 142 valence electrons. The number of nitrogens with one attached hydrogen (secondary N) is 1. The molecule has 0 saturated carbocycles. The number of amides is 1. The van der Waals surface area contributed by atoms with E-state index in [4.69, 9.17) is 4.74 Å². The highest BCUT2D eigenvalue weighted by molar-refractivity contribution is 7.99. The van der Waals surface area contributed by atoms with Gasteiger partial charge in [-0.3, -0.25) is 9.36 Å². The molecule has 0 aromatic carbocycles. The van der Waals surface area contributed by atoms with Gasteiger partial charge in [-0.2, -0.15) is 0 Å². The number of thioether (sulfide) groups is 1. The Morgan fingerprint density at radius 2 is 2.37 bits per heavy atom. The normalized spacial score (nSPS) is 16.7. The third kappa shape index (κ3) is 4.57.